The van der Waals surface area contributed by atoms with Gasteiger partial charge in [-0.25, -0.2) is 0 Å². The number of para-hydroxylation sites is 1. The molecule has 2 rings (SSSR count). The molecule has 0 aliphatic heterocycles. The van der Waals surface area contributed by atoms with Crippen LogP contribution in [-0.2, 0) is 0 Å². The van der Waals surface area contributed by atoms with Crippen molar-refractivity contribution in [1.82, 2.24) is 0 Å². The summed E-state index contributed by atoms with van der Waals surface area (Å²) in [5.41, 5.74) is 7.48. The van der Waals surface area contributed by atoms with Crippen molar-refractivity contribution < 1.29 is 9.47 Å². The maximum atomic E-state index is 5.78. The Hall–Kier alpha value is -2.42. The standard InChI is InChI=1S/C15H15NO2/c1-12-7-8-14(16)15(11-12)18-10-9-17-13-5-3-2-4-6-13/h2-11H,16H2,1H3. The number of benzene rings is 2. The zero-order valence-electron chi connectivity index (χ0n) is 10.2. The molecular weight excluding hydrogens is 226 g/mol. The molecule has 3 nitrogen and oxygen atoms in total. The Morgan fingerprint density at radius 1 is 0.944 bits per heavy atom. The quantitative estimate of drug-likeness (QED) is 0.658. The average molecular weight is 241 g/mol. The Morgan fingerprint density at radius 2 is 1.67 bits per heavy atom. The van der Waals surface area contributed by atoms with E-state index in [1.807, 2.05) is 55.5 Å². The van der Waals surface area contributed by atoms with Gasteiger partial charge < -0.3 is 15.2 Å². The van der Waals surface area contributed by atoms with Crippen molar-refractivity contribution in [1.29, 1.82) is 0 Å². The molecule has 0 amide bonds. The van der Waals surface area contributed by atoms with Gasteiger partial charge in [-0.1, -0.05) is 24.3 Å². The lowest BCUT2D eigenvalue weighted by Gasteiger charge is -2.05. The molecule has 0 spiro atoms. The number of ether oxygens (including phenoxy) is 2. The number of hydrogen-bond acceptors (Lipinski definition) is 3. The van der Waals surface area contributed by atoms with Crippen LogP contribution in [0.25, 0.3) is 0 Å². The van der Waals surface area contributed by atoms with Crippen LogP contribution in [0, 0.1) is 6.92 Å². The Kier molecular flexibility index (Phi) is 3.86. The third kappa shape index (κ3) is 3.28. The van der Waals surface area contributed by atoms with Crippen LogP contribution < -0.4 is 15.2 Å². The number of rotatable bonds is 4. The molecule has 0 heterocycles. The Balaban J connectivity index is 1.93. The first-order valence-corrected chi connectivity index (χ1v) is 5.65. The minimum atomic E-state index is 0.602. The number of nitrogen functional groups attached to an aromatic ring is 1. The van der Waals surface area contributed by atoms with Gasteiger partial charge in [-0.2, -0.15) is 0 Å². The maximum absolute atomic E-state index is 5.78. The summed E-state index contributed by atoms with van der Waals surface area (Å²) in [5.74, 6) is 1.39. The molecule has 0 radical (unpaired) electrons. The SMILES string of the molecule is Cc1ccc(N)c(OC=COc2ccccc2)c1. The van der Waals surface area contributed by atoms with Gasteiger partial charge in [-0.15, -0.1) is 0 Å². The second-order valence-electron chi connectivity index (χ2n) is 3.86. The molecule has 2 N–H and O–H groups in total. The van der Waals surface area contributed by atoms with Gasteiger partial charge >= 0.3 is 0 Å². The molecule has 3 heteroatoms. The number of anilines is 1. The summed E-state index contributed by atoms with van der Waals surface area (Å²) in [6.45, 7) is 1.98. The van der Waals surface area contributed by atoms with Crippen molar-refractivity contribution in [2.75, 3.05) is 5.73 Å². The van der Waals surface area contributed by atoms with Crippen molar-refractivity contribution >= 4 is 5.69 Å². The minimum Gasteiger partial charge on any atom is -0.462 e. The van der Waals surface area contributed by atoms with E-state index < -0.39 is 0 Å². The topological polar surface area (TPSA) is 44.5 Å². The summed E-state index contributed by atoms with van der Waals surface area (Å²) >= 11 is 0. The van der Waals surface area contributed by atoms with Gasteiger partial charge in [0.25, 0.3) is 0 Å². The smallest absolute Gasteiger partial charge is 0.149 e. The van der Waals surface area contributed by atoms with E-state index in [-0.39, 0.29) is 0 Å². The van der Waals surface area contributed by atoms with E-state index in [1.54, 1.807) is 0 Å². The van der Waals surface area contributed by atoms with E-state index >= 15 is 0 Å². The normalized spacial score (nSPS) is 10.5. The fraction of sp³-hybridized carbons (Fsp3) is 0.0667. The van der Waals surface area contributed by atoms with Crippen molar-refractivity contribution in [3.05, 3.63) is 66.6 Å². The van der Waals surface area contributed by atoms with Crippen LogP contribution in [0.15, 0.2) is 61.1 Å². The third-order valence-electron chi connectivity index (χ3n) is 2.37. The first-order valence-electron chi connectivity index (χ1n) is 5.65. The van der Waals surface area contributed by atoms with Gasteiger partial charge in [-0.3, -0.25) is 0 Å². The van der Waals surface area contributed by atoms with Crippen LogP contribution in [0.5, 0.6) is 11.5 Å². The lowest BCUT2D eigenvalue weighted by molar-refractivity contribution is 0.423. The number of aryl methyl sites for hydroxylation is 1. The highest BCUT2D eigenvalue weighted by Crippen LogP contribution is 2.22. The molecule has 2 aromatic rings. The van der Waals surface area contributed by atoms with Gasteiger partial charge in [0.15, 0.2) is 0 Å². The summed E-state index contributed by atoms with van der Waals surface area (Å²) in [6, 6.07) is 15.1. The molecule has 0 aromatic heterocycles. The first kappa shape index (κ1) is 12.0. The Bertz CT molecular complexity index is 535. The van der Waals surface area contributed by atoms with E-state index in [0.717, 1.165) is 11.3 Å². The van der Waals surface area contributed by atoms with Crippen molar-refractivity contribution in [3.8, 4) is 11.5 Å². The van der Waals surface area contributed by atoms with E-state index in [2.05, 4.69) is 0 Å². The first-order chi connectivity index (χ1) is 8.75. The Morgan fingerprint density at radius 3 is 2.44 bits per heavy atom. The summed E-state index contributed by atoms with van der Waals surface area (Å²) in [7, 11) is 0. The molecular formula is C15H15NO2. The zero-order valence-corrected chi connectivity index (χ0v) is 10.2. The molecule has 0 aliphatic carbocycles. The van der Waals surface area contributed by atoms with Crippen LogP contribution in [0.1, 0.15) is 5.56 Å². The fourth-order valence-corrected chi connectivity index (χ4v) is 1.45. The predicted molar refractivity (Wildman–Crippen MR) is 72.4 cm³/mol. The molecule has 2 aromatic carbocycles. The maximum Gasteiger partial charge on any atom is 0.149 e. The van der Waals surface area contributed by atoms with Crippen LogP contribution in [0.4, 0.5) is 5.69 Å². The molecule has 0 saturated heterocycles. The molecule has 0 atom stereocenters. The van der Waals surface area contributed by atoms with Crippen molar-refractivity contribution in [3.63, 3.8) is 0 Å². The monoisotopic (exact) mass is 241 g/mol. The van der Waals surface area contributed by atoms with Crippen LogP contribution in [0.2, 0.25) is 0 Å². The second-order valence-corrected chi connectivity index (χ2v) is 3.86. The van der Waals surface area contributed by atoms with E-state index in [1.165, 1.54) is 12.5 Å². The predicted octanol–water partition coefficient (Wildman–Crippen LogP) is 3.51. The van der Waals surface area contributed by atoms with Gasteiger partial charge in [0, 0.05) is 0 Å². The summed E-state index contributed by atoms with van der Waals surface area (Å²) in [5, 5.41) is 0. The van der Waals surface area contributed by atoms with Gasteiger partial charge in [0.2, 0.25) is 0 Å². The third-order valence-corrected chi connectivity index (χ3v) is 2.37. The lowest BCUT2D eigenvalue weighted by atomic mass is 10.2. The van der Waals surface area contributed by atoms with Crippen LogP contribution >= 0.6 is 0 Å². The summed E-state index contributed by atoms with van der Waals surface area (Å²) in [6.07, 6.45) is 2.95. The molecule has 18 heavy (non-hydrogen) atoms. The van der Waals surface area contributed by atoms with Crippen LogP contribution in [-0.4, -0.2) is 0 Å². The average Bonchev–Trinajstić information content (AvgIpc) is 2.40. The second kappa shape index (κ2) is 5.77. The highest BCUT2D eigenvalue weighted by molar-refractivity contribution is 5.54. The Labute approximate surface area is 106 Å². The van der Waals surface area contributed by atoms with E-state index in [4.69, 9.17) is 15.2 Å². The van der Waals surface area contributed by atoms with Crippen molar-refractivity contribution in [2.45, 2.75) is 6.92 Å². The van der Waals surface area contributed by atoms with Crippen LogP contribution in [0.3, 0.4) is 0 Å². The number of nitrogens with two attached hydrogens (primary N) is 1. The van der Waals surface area contributed by atoms with Crippen molar-refractivity contribution in [2.24, 2.45) is 0 Å². The highest BCUT2D eigenvalue weighted by Gasteiger charge is 1.98. The fourth-order valence-electron chi connectivity index (χ4n) is 1.45. The molecule has 0 saturated carbocycles. The summed E-state index contributed by atoms with van der Waals surface area (Å²) in [4.78, 5) is 0. The summed E-state index contributed by atoms with van der Waals surface area (Å²) < 4.78 is 10.8. The minimum absolute atomic E-state index is 0.602. The molecule has 92 valence electrons. The lowest BCUT2D eigenvalue weighted by Crippen LogP contribution is -1.92. The number of hydrogen-bond donors (Lipinski definition) is 1. The molecule has 0 fully saturated rings. The molecule has 0 bridgehead atoms. The van der Waals surface area contributed by atoms with E-state index in [0.29, 0.717) is 11.4 Å². The van der Waals surface area contributed by atoms with E-state index in [9.17, 15) is 0 Å². The molecule has 0 aliphatic rings. The van der Waals surface area contributed by atoms with Gasteiger partial charge in [0.05, 0.1) is 5.69 Å². The highest BCUT2D eigenvalue weighted by atomic mass is 16.5. The largest absolute Gasteiger partial charge is 0.462 e. The molecule has 0 unspecified atom stereocenters. The zero-order chi connectivity index (χ0) is 12.8. The van der Waals surface area contributed by atoms with Gasteiger partial charge in [-0.05, 0) is 36.8 Å². The van der Waals surface area contributed by atoms with Gasteiger partial charge in [0.1, 0.15) is 24.0 Å².